The lowest BCUT2D eigenvalue weighted by Crippen LogP contribution is -2.37. The Balaban J connectivity index is 2.22. The number of anilines is 1. The van der Waals surface area contributed by atoms with Crippen molar-refractivity contribution in [3.63, 3.8) is 0 Å². The molecular formula is C19H19Cl2F3N2O4S. The maximum atomic E-state index is 12.9. The third-order valence-corrected chi connectivity index (χ3v) is 6.62. The lowest BCUT2D eigenvalue weighted by atomic mass is 10.2. The van der Waals surface area contributed by atoms with Crippen molar-refractivity contribution in [3.8, 4) is 5.75 Å². The van der Waals surface area contributed by atoms with E-state index in [4.69, 9.17) is 27.9 Å². The summed E-state index contributed by atoms with van der Waals surface area (Å²) in [5.41, 5.74) is -1.28. The van der Waals surface area contributed by atoms with E-state index in [9.17, 15) is 26.4 Å². The molecule has 1 amide bonds. The van der Waals surface area contributed by atoms with Gasteiger partial charge >= 0.3 is 6.18 Å². The molecule has 0 fully saturated rings. The summed E-state index contributed by atoms with van der Waals surface area (Å²) in [6.45, 7) is 2.88. The zero-order chi connectivity index (χ0) is 23.4. The molecule has 0 saturated carbocycles. The number of carbonyl (C=O) groups is 1. The summed E-state index contributed by atoms with van der Waals surface area (Å²) in [6.07, 6.45) is -4.63. The van der Waals surface area contributed by atoms with Crippen molar-refractivity contribution in [1.82, 2.24) is 4.31 Å². The number of ether oxygens (including phenoxy) is 1. The Morgan fingerprint density at radius 3 is 2.32 bits per heavy atom. The van der Waals surface area contributed by atoms with Crippen molar-refractivity contribution >= 4 is 44.8 Å². The zero-order valence-electron chi connectivity index (χ0n) is 16.5. The largest absolute Gasteiger partial charge is 0.492 e. The van der Waals surface area contributed by atoms with E-state index in [1.807, 2.05) is 0 Å². The minimum atomic E-state index is -4.63. The van der Waals surface area contributed by atoms with Gasteiger partial charge in [0, 0.05) is 6.54 Å². The highest BCUT2D eigenvalue weighted by atomic mass is 35.5. The molecular weight excluding hydrogens is 480 g/mol. The average molecular weight is 499 g/mol. The van der Waals surface area contributed by atoms with Crippen LogP contribution in [0, 0.1) is 0 Å². The minimum Gasteiger partial charge on any atom is -0.492 e. The molecule has 0 saturated heterocycles. The molecule has 2 aromatic carbocycles. The van der Waals surface area contributed by atoms with Crippen molar-refractivity contribution < 1.29 is 31.1 Å². The van der Waals surface area contributed by atoms with Crippen LogP contribution in [0.4, 0.5) is 18.9 Å². The van der Waals surface area contributed by atoms with Gasteiger partial charge in [-0.2, -0.15) is 17.5 Å². The predicted octanol–water partition coefficient (Wildman–Crippen LogP) is 5.06. The van der Waals surface area contributed by atoms with Crippen molar-refractivity contribution in [2.24, 2.45) is 0 Å². The quantitative estimate of drug-likeness (QED) is 0.551. The van der Waals surface area contributed by atoms with Crippen molar-refractivity contribution in [2.75, 3.05) is 25.0 Å². The number of nitrogens with one attached hydrogen (secondary N) is 1. The maximum Gasteiger partial charge on any atom is 0.416 e. The number of hydrogen-bond acceptors (Lipinski definition) is 4. The van der Waals surface area contributed by atoms with E-state index >= 15 is 0 Å². The first-order valence-corrected chi connectivity index (χ1v) is 11.2. The summed E-state index contributed by atoms with van der Waals surface area (Å²) in [5.74, 6) is -0.549. The average Bonchev–Trinajstić information content (AvgIpc) is 2.68. The van der Waals surface area contributed by atoms with Gasteiger partial charge in [0.15, 0.2) is 0 Å². The normalized spacial score (nSPS) is 12.1. The standard InChI is InChI=1S/C19H19Cl2F3N2O4S/c1-3-26(31(28,29)13-6-8-17(30-4-2)15(21)10-13)11-18(27)25-16-9-12(19(22,23)24)5-7-14(16)20/h5-10H,3-4,11H2,1-2H3,(H,25,27). The van der Waals surface area contributed by atoms with E-state index in [0.29, 0.717) is 18.4 Å². The Hall–Kier alpha value is -2.01. The summed E-state index contributed by atoms with van der Waals surface area (Å²) in [5, 5.41) is 2.19. The molecule has 170 valence electrons. The fourth-order valence-corrected chi connectivity index (χ4v) is 4.47. The van der Waals surface area contributed by atoms with Crippen molar-refractivity contribution in [1.29, 1.82) is 0 Å². The van der Waals surface area contributed by atoms with E-state index in [0.717, 1.165) is 16.4 Å². The van der Waals surface area contributed by atoms with Crippen LogP contribution in [0.2, 0.25) is 10.0 Å². The Kier molecular flexibility index (Phi) is 8.21. The Labute approximate surface area is 187 Å². The van der Waals surface area contributed by atoms with Gasteiger partial charge in [0.2, 0.25) is 15.9 Å². The summed E-state index contributed by atoms with van der Waals surface area (Å²) < 4.78 is 70.6. The highest BCUT2D eigenvalue weighted by molar-refractivity contribution is 7.89. The fourth-order valence-electron chi connectivity index (χ4n) is 2.58. The van der Waals surface area contributed by atoms with Crippen LogP contribution in [-0.2, 0) is 21.0 Å². The molecule has 31 heavy (non-hydrogen) atoms. The van der Waals surface area contributed by atoms with Gasteiger partial charge in [-0.3, -0.25) is 4.79 Å². The van der Waals surface area contributed by atoms with Crippen molar-refractivity contribution in [2.45, 2.75) is 24.9 Å². The SMILES string of the molecule is CCOc1ccc(S(=O)(=O)N(CC)CC(=O)Nc2cc(C(F)(F)F)ccc2Cl)cc1Cl. The van der Waals surface area contributed by atoms with Crippen LogP contribution in [0.25, 0.3) is 0 Å². The van der Waals surface area contributed by atoms with Crippen LogP contribution in [0.5, 0.6) is 5.75 Å². The smallest absolute Gasteiger partial charge is 0.416 e. The number of sulfonamides is 1. The molecule has 2 aromatic rings. The second-order valence-electron chi connectivity index (χ2n) is 6.20. The fraction of sp³-hybridized carbons (Fsp3) is 0.316. The first-order valence-electron chi connectivity index (χ1n) is 8.99. The topological polar surface area (TPSA) is 75.7 Å². The number of alkyl halides is 3. The molecule has 0 unspecified atom stereocenters. The van der Waals surface area contributed by atoms with Gasteiger partial charge in [-0.1, -0.05) is 30.1 Å². The number of halogens is 5. The first-order chi connectivity index (χ1) is 14.4. The molecule has 0 atom stereocenters. The Morgan fingerprint density at radius 2 is 1.77 bits per heavy atom. The molecule has 0 aliphatic carbocycles. The minimum absolute atomic E-state index is 0.0725. The van der Waals surface area contributed by atoms with Gasteiger partial charge in [0.25, 0.3) is 0 Å². The number of rotatable bonds is 8. The van der Waals surface area contributed by atoms with Gasteiger partial charge in [-0.25, -0.2) is 8.42 Å². The van der Waals surface area contributed by atoms with Crippen LogP contribution in [0.3, 0.4) is 0 Å². The molecule has 12 heteroatoms. The van der Waals surface area contributed by atoms with E-state index < -0.39 is 34.2 Å². The van der Waals surface area contributed by atoms with Crippen LogP contribution in [0.15, 0.2) is 41.3 Å². The van der Waals surface area contributed by atoms with E-state index in [1.54, 1.807) is 6.92 Å². The molecule has 0 aliphatic rings. The van der Waals surface area contributed by atoms with Crippen LogP contribution >= 0.6 is 23.2 Å². The third kappa shape index (κ3) is 6.25. The molecule has 0 aromatic heterocycles. The van der Waals surface area contributed by atoms with Gasteiger partial charge in [0.05, 0.1) is 39.3 Å². The second-order valence-corrected chi connectivity index (χ2v) is 8.95. The summed E-state index contributed by atoms with van der Waals surface area (Å²) in [7, 11) is -4.11. The summed E-state index contributed by atoms with van der Waals surface area (Å²) in [6, 6.07) is 6.33. The Morgan fingerprint density at radius 1 is 1.10 bits per heavy atom. The van der Waals surface area contributed by atoms with E-state index in [-0.39, 0.29) is 27.2 Å². The number of hydrogen-bond donors (Lipinski definition) is 1. The van der Waals surface area contributed by atoms with Crippen molar-refractivity contribution in [3.05, 3.63) is 52.0 Å². The second kappa shape index (κ2) is 10.1. The van der Waals surface area contributed by atoms with E-state index in [2.05, 4.69) is 5.32 Å². The number of amides is 1. The monoisotopic (exact) mass is 498 g/mol. The van der Waals surface area contributed by atoms with Gasteiger partial charge < -0.3 is 10.1 Å². The molecule has 0 spiro atoms. The van der Waals surface area contributed by atoms with Gasteiger partial charge in [-0.05, 0) is 43.3 Å². The van der Waals surface area contributed by atoms with Gasteiger partial charge in [-0.15, -0.1) is 0 Å². The number of nitrogens with zero attached hydrogens (tertiary/aromatic N) is 1. The molecule has 0 aliphatic heterocycles. The zero-order valence-corrected chi connectivity index (χ0v) is 18.8. The molecule has 0 heterocycles. The predicted molar refractivity (Wildman–Crippen MR) is 112 cm³/mol. The summed E-state index contributed by atoms with van der Waals surface area (Å²) in [4.78, 5) is 12.2. The van der Waals surface area contributed by atoms with Crippen LogP contribution < -0.4 is 10.1 Å². The van der Waals surface area contributed by atoms with Gasteiger partial charge in [0.1, 0.15) is 5.75 Å². The third-order valence-electron chi connectivity index (χ3n) is 4.08. The lowest BCUT2D eigenvalue weighted by molar-refractivity contribution is -0.137. The molecule has 0 bridgehead atoms. The first kappa shape index (κ1) is 25.3. The molecule has 0 radical (unpaired) electrons. The van der Waals surface area contributed by atoms with Crippen LogP contribution in [-0.4, -0.2) is 38.3 Å². The van der Waals surface area contributed by atoms with Crippen LogP contribution in [0.1, 0.15) is 19.4 Å². The lowest BCUT2D eigenvalue weighted by Gasteiger charge is -2.21. The summed E-state index contributed by atoms with van der Waals surface area (Å²) >= 11 is 11.9. The highest BCUT2D eigenvalue weighted by Crippen LogP contribution is 2.34. The number of likely N-dealkylation sites (N-methyl/N-ethyl adjacent to an activating group) is 1. The number of carbonyl (C=O) groups excluding carboxylic acids is 1. The molecule has 6 nitrogen and oxygen atoms in total. The highest BCUT2D eigenvalue weighted by Gasteiger charge is 2.31. The van der Waals surface area contributed by atoms with E-state index in [1.165, 1.54) is 25.1 Å². The molecule has 1 N–H and O–H groups in total. The number of benzene rings is 2. The molecule has 2 rings (SSSR count). The maximum absolute atomic E-state index is 12.9. The Bertz CT molecular complexity index is 1060.